The van der Waals surface area contributed by atoms with Gasteiger partial charge in [-0.05, 0) is 128 Å². The molecule has 0 heterocycles. The number of thioether (sulfide) groups is 4. The molecular formula is C55H62O8S6. The Labute approximate surface area is 434 Å². The van der Waals surface area contributed by atoms with E-state index in [0.717, 1.165) is 25.3 Å². The van der Waals surface area contributed by atoms with E-state index in [1.54, 1.807) is 67.8 Å². The van der Waals surface area contributed by atoms with E-state index in [1.165, 1.54) is 30.7 Å². The second-order valence-corrected chi connectivity index (χ2v) is 23.7. The van der Waals surface area contributed by atoms with Crippen LogP contribution in [0.25, 0.3) is 0 Å². The molecule has 0 saturated carbocycles. The molecule has 0 amide bonds. The molecule has 366 valence electrons. The minimum absolute atomic E-state index is 0.0161. The van der Waals surface area contributed by atoms with E-state index in [9.17, 15) is 19.2 Å². The van der Waals surface area contributed by atoms with Crippen LogP contribution >= 0.6 is 70.6 Å². The first-order valence-electron chi connectivity index (χ1n) is 22.9. The van der Waals surface area contributed by atoms with Gasteiger partial charge in [0.2, 0.25) is 0 Å². The minimum atomic E-state index is -0.491. The summed E-state index contributed by atoms with van der Waals surface area (Å²) in [5, 5.41) is 0.297. The molecule has 0 aromatic heterocycles. The summed E-state index contributed by atoms with van der Waals surface area (Å²) in [6.07, 6.45) is 0. The fourth-order valence-electron chi connectivity index (χ4n) is 6.09. The highest BCUT2D eigenvalue weighted by Gasteiger charge is 2.18. The topological polar surface area (TPSA) is 105 Å². The zero-order valence-electron chi connectivity index (χ0n) is 40.3. The number of esters is 4. The fraction of sp³-hybridized carbons (Fsp3) is 0.345. The van der Waals surface area contributed by atoms with Crippen LogP contribution in [0.1, 0.15) is 70.8 Å². The van der Waals surface area contributed by atoms with Crippen LogP contribution in [0, 0.1) is 17.8 Å². The molecule has 0 saturated heterocycles. The van der Waals surface area contributed by atoms with E-state index in [1.807, 2.05) is 37.4 Å². The van der Waals surface area contributed by atoms with Crippen LogP contribution in [0.3, 0.4) is 0 Å². The Hall–Kier alpha value is -4.18. The monoisotopic (exact) mass is 1040 g/mol. The number of carbonyl (C=O) groups excluding carboxylic acids is 4. The molecular weight excluding hydrogens is 981 g/mol. The van der Waals surface area contributed by atoms with E-state index in [4.69, 9.17) is 18.9 Å². The van der Waals surface area contributed by atoms with Gasteiger partial charge in [0.25, 0.3) is 0 Å². The molecule has 0 N–H and O–H groups in total. The third kappa shape index (κ3) is 19.9. The Morgan fingerprint density at radius 1 is 0.464 bits per heavy atom. The Morgan fingerprint density at radius 2 is 0.826 bits per heavy atom. The summed E-state index contributed by atoms with van der Waals surface area (Å²) >= 11 is 10.4. The second kappa shape index (κ2) is 29.2. The van der Waals surface area contributed by atoms with Crippen molar-refractivity contribution in [3.63, 3.8) is 0 Å². The molecule has 4 unspecified atom stereocenters. The third-order valence-corrected chi connectivity index (χ3v) is 17.3. The molecule has 0 bridgehead atoms. The average Bonchev–Trinajstić information content (AvgIpc) is 3.35. The smallest absolute Gasteiger partial charge is 0.333 e. The molecule has 5 aromatic rings. The number of ether oxygens (including phenoxy) is 4. The van der Waals surface area contributed by atoms with E-state index in [2.05, 4.69) is 142 Å². The lowest BCUT2D eigenvalue weighted by Gasteiger charge is -2.17. The summed E-state index contributed by atoms with van der Waals surface area (Å²) in [4.78, 5) is 57.0. The molecule has 0 spiro atoms. The van der Waals surface area contributed by atoms with Crippen molar-refractivity contribution in [1.29, 1.82) is 0 Å². The fourth-order valence-corrected chi connectivity index (χ4v) is 11.5. The largest absolute Gasteiger partial charge is 0.462 e. The SMILES string of the molecule is C=C(C)C(=O)OCCOC(=O)C(C)CSc1ccc(Sc2ccc(SCC(C)c3cccc(C(C)Sc4ccc(Sc5ccc(SCC(C)C(=O)OCCOC(=O)C(C)C)cc5)cc4)c3)cc2)cc1. The van der Waals surface area contributed by atoms with E-state index in [-0.39, 0.29) is 62.1 Å². The zero-order valence-corrected chi connectivity index (χ0v) is 45.2. The summed E-state index contributed by atoms with van der Waals surface area (Å²) in [5.41, 5.74) is 2.98. The maximum atomic E-state index is 12.4. The van der Waals surface area contributed by atoms with Crippen molar-refractivity contribution in [3.8, 4) is 0 Å². The normalized spacial score (nSPS) is 12.9. The summed E-state index contributed by atoms with van der Waals surface area (Å²) in [6, 6.07) is 43.4. The van der Waals surface area contributed by atoms with E-state index < -0.39 is 5.97 Å². The van der Waals surface area contributed by atoms with Gasteiger partial charge in [0.15, 0.2) is 0 Å². The molecule has 0 aliphatic carbocycles. The van der Waals surface area contributed by atoms with Gasteiger partial charge in [0, 0.05) is 67.2 Å². The molecule has 0 fully saturated rings. The quantitative estimate of drug-likeness (QED) is 0.0164. The van der Waals surface area contributed by atoms with Gasteiger partial charge >= 0.3 is 23.9 Å². The third-order valence-electron chi connectivity index (χ3n) is 10.3. The standard InChI is InChI=1S/C55H62O8S6/c1-36(2)52(56)60-28-30-62-54(58)39(6)34-65-45-14-20-49(21-15-45)68-48-18-12-44(13-19-48)64-33-38(5)42-10-9-11-43(32-42)41(8)67-47-24-26-51(27-25-47)69-50-22-16-46(17-23-50)66-35-40(7)55(59)63-31-29-61-53(57)37(3)4/h9-27,32,37-41H,1,28-31,33-35H2,2-8H3. The molecule has 4 atom stereocenters. The molecule has 5 aromatic carbocycles. The van der Waals surface area contributed by atoms with Crippen molar-refractivity contribution < 1.29 is 38.1 Å². The van der Waals surface area contributed by atoms with Crippen molar-refractivity contribution in [2.45, 2.75) is 98.8 Å². The van der Waals surface area contributed by atoms with Crippen LogP contribution in [0.2, 0.25) is 0 Å². The predicted octanol–water partition coefficient (Wildman–Crippen LogP) is 14.6. The molecule has 69 heavy (non-hydrogen) atoms. The summed E-state index contributed by atoms with van der Waals surface area (Å²) < 4.78 is 20.6. The molecule has 0 aliphatic heterocycles. The number of rotatable bonds is 27. The Balaban J connectivity index is 0.992. The van der Waals surface area contributed by atoms with Gasteiger partial charge in [-0.15, -0.1) is 47.0 Å². The molecule has 0 radical (unpaired) electrons. The Kier molecular flexibility index (Phi) is 23.6. The second-order valence-electron chi connectivity index (χ2n) is 16.7. The van der Waals surface area contributed by atoms with Crippen LogP contribution in [-0.2, 0) is 38.1 Å². The van der Waals surface area contributed by atoms with Gasteiger partial charge in [-0.25, -0.2) is 4.79 Å². The van der Waals surface area contributed by atoms with Crippen LogP contribution < -0.4 is 0 Å². The molecule has 0 aliphatic rings. The maximum Gasteiger partial charge on any atom is 0.333 e. The Bertz CT molecular complexity index is 2420. The first kappa shape index (κ1) is 55.7. The van der Waals surface area contributed by atoms with Crippen molar-refractivity contribution in [2.75, 3.05) is 43.7 Å². The van der Waals surface area contributed by atoms with Gasteiger partial charge in [0.1, 0.15) is 26.4 Å². The zero-order chi connectivity index (χ0) is 49.7. The van der Waals surface area contributed by atoms with Gasteiger partial charge in [-0.1, -0.05) is 89.0 Å². The van der Waals surface area contributed by atoms with Crippen molar-refractivity contribution in [1.82, 2.24) is 0 Å². The van der Waals surface area contributed by atoms with Crippen LogP contribution in [0.4, 0.5) is 0 Å². The van der Waals surface area contributed by atoms with E-state index in [0.29, 0.717) is 28.2 Å². The van der Waals surface area contributed by atoms with Gasteiger partial charge in [0.05, 0.1) is 17.8 Å². The molecule has 8 nitrogen and oxygen atoms in total. The molecule has 14 heteroatoms. The van der Waals surface area contributed by atoms with Crippen molar-refractivity contribution in [3.05, 3.63) is 145 Å². The maximum absolute atomic E-state index is 12.4. The Morgan fingerprint density at radius 3 is 1.25 bits per heavy atom. The average molecular weight is 1040 g/mol. The highest BCUT2D eigenvalue weighted by Crippen LogP contribution is 2.39. The van der Waals surface area contributed by atoms with E-state index >= 15 is 0 Å². The predicted molar refractivity (Wildman–Crippen MR) is 287 cm³/mol. The lowest BCUT2D eigenvalue weighted by atomic mass is 10.00. The van der Waals surface area contributed by atoms with Crippen molar-refractivity contribution >= 4 is 94.4 Å². The number of benzene rings is 5. The first-order valence-corrected chi connectivity index (χ1v) is 28.3. The summed E-state index contributed by atoms with van der Waals surface area (Å²) in [5.74, 6) is 0.384. The van der Waals surface area contributed by atoms with Gasteiger partial charge in [-0.2, -0.15) is 0 Å². The van der Waals surface area contributed by atoms with Crippen molar-refractivity contribution in [2.24, 2.45) is 17.8 Å². The summed E-state index contributed by atoms with van der Waals surface area (Å²) in [6.45, 7) is 17.1. The first-order chi connectivity index (χ1) is 33.1. The number of hydrogen-bond acceptors (Lipinski definition) is 14. The number of hydrogen-bond donors (Lipinski definition) is 0. The lowest BCUT2D eigenvalue weighted by molar-refractivity contribution is -0.155. The number of carbonyl (C=O) groups is 4. The lowest BCUT2D eigenvalue weighted by Crippen LogP contribution is -2.21. The van der Waals surface area contributed by atoms with Crippen LogP contribution in [0.5, 0.6) is 0 Å². The highest BCUT2D eigenvalue weighted by molar-refractivity contribution is 8.00. The van der Waals surface area contributed by atoms with Crippen LogP contribution in [-0.4, -0.2) is 67.6 Å². The van der Waals surface area contributed by atoms with Crippen LogP contribution in [0.15, 0.2) is 173 Å². The summed E-state index contributed by atoms with van der Waals surface area (Å²) in [7, 11) is 0. The minimum Gasteiger partial charge on any atom is -0.462 e. The van der Waals surface area contributed by atoms with Gasteiger partial charge < -0.3 is 18.9 Å². The molecule has 5 rings (SSSR count). The van der Waals surface area contributed by atoms with Gasteiger partial charge in [-0.3, -0.25) is 14.4 Å². The highest BCUT2D eigenvalue weighted by atomic mass is 32.2.